The SMILES string of the molecule is Fc1cccc(Cl)c1NC1=NCCN1. The van der Waals surface area contributed by atoms with Crippen LogP contribution in [0.4, 0.5) is 10.1 Å². The molecule has 0 radical (unpaired) electrons. The van der Waals surface area contributed by atoms with Gasteiger partial charge in [-0.2, -0.15) is 0 Å². The zero-order valence-corrected chi connectivity index (χ0v) is 8.11. The second kappa shape index (κ2) is 3.84. The van der Waals surface area contributed by atoms with Crippen LogP contribution < -0.4 is 10.6 Å². The number of aliphatic imine (C=N–C) groups is 1. The first kappa shape index (κ1) is 9.27. The number of halogens is 2. The molecule has 0 aromatic heterocycles. The molecule has 74 valence electrons. The van der Waals surface area contributed by atoms with Crippen molar-refractivity contribution < 1.29 is 4.39 Å². The highest BCUT2D eigenvalue weighted by molar-refractivity contribution is 6.33. The second-order valence-electron chi connectivity index (χ2n) is 2.88. The predicted octanol–water partition coefficient (Wildman–Crippen LogP) is 1.85. The van der Waals surface area contributed by atoms with E-state index in [1.54, 1.807) is 12.1 Å². The van der Waals surface area contributed by atoms with Crippen LogP contribution >= 0.6 is 11.6 Å². The van der Waals surface area contributed by atoms with Crippen molar-refractivity contribution in [2.45, 2.75) is 0 Å². The standard InChI is InChI=1S/C9H9ClFN3/c10-6-2-1-3-7(11)8(6)14-9-12-4-5-13-9/h1-3H,4-5H2,(H2,12,13,14). The van der Waals surface area contributed by atoms with Crippen molar-refractivity contribution in [1.82, 2.24) is 5.32 Å². The average Bonchev–Trinajstić information content (AvgIpc) is 2.64. The molecule has 0 atom stereocenters. The summed E-state index contributed by atoms with van der Waals surface area (Å²) in [6, 6.07) is 4.54. The van der Waals surface area contributed by atoms with Gasteiger partial charge in [0.15, 0.2) is 5.96 Å². The van der Waals surface area contributed by atoms with Crippen molar-refractivity contribution in [2.24, 2.45) is 4.99 Å². The van der Waals surface area contributed by atoms with Gasteiger partial charge in [-0.05, 0) is 12.1 Å². The van der Waals surface area contributed by atoms with Crippen LogP contribution in [0.25, 0.3) is 0 Å². The summed E-state index contributed by atoms with van der Waals surface area (Å²) in [5.74, 6) is 0.186. The van der Waals surface area contributed by atoms with E-state index >= 15 is 0 Å². The van der Waals surface area contributed by atoms with Crippen molar-refractivity contribution in [1.29, 1.82) is 0 Å². The van der Waals surface area contributed by atoms with E-state index in [2.05, 4.69) is 15.6 Å². The van der Waals surface area contributed by atoms with Gasteiger partial charge in [-0.1, -0.05) is 17.7 Å². The van der Waals surface area contributed by atoms with E-state index in [9.17, 15) is 4.39 Å². The predicted molar refractivity (Wildman–Crippen MR) is 55.3 cm³/mol. The fourth-order valence-corrected chi connectivity index (χ4v) is 1.43. The number of para-hydroxylation sites is 1. The molecule has 0 saturated heterocycles. The zero-order valence-electron chi connectivity index (χ0n) is 7.35. The Kier molecular flexibility index (Phi) is 2.54. The minimum Gasteiger partial charge on any atom is -0.354 e. The van der Waals surface area contributed by atoms with Crippen molar-refractivity contribution in [3.63, 3.8) is 0 Å². The monoisotopic (exact) mass is 213 g/mol. The molecule has 0 unspecified atom stereocenters. The quantitative estimate of drug-likeness (QED) is 0.747. The summed E-state index contributed by atoms with van der Waals surface area (Å²) in [7, 11) is 0. The molecule has 2 rings (SSSR count). The smallest absolute Gasteiger partial charge is 0.196 e. The van der Waals surface area contributed by atoms with E-state index in [0.717, 1.165) is 6.54 Å². The van der Waals surface area contributed by atoms with Crippen molar-refractivity contribution in [3.05, 3.63) is 29.0 Å². The molecule has 1 aliphatic heterocycles. The minimum atomic E-state index is -0.381. The number of rotatable bonds is 1. The van der Waals surface area contributed by atoms with Crippen LogP contribution in [-0.2, 0) is 0 Å². The Balaban J connectivity index is 2.23. The van der Waals surface area contributed by atoms with Crippen molar-refractivity contribution >= 4 is 23.2 Å². The van der Waals surface area contributed by atoms with Gasteiger partial charge in [-0.3, -0.25) is 4.99 Å². The van der Waals surface area contributed by atoms with E-state index < -0.39 is 0 Å². The van der Waals surface area contributed by atoms with Crippen LogP contribution in [0.2, 0.25) is 5.02 Å². The molecule has 0 amide bonds. The summed E-state index contributed by atoms with van der Waals surface area (Å²) < 4.78 is 13.3. The Hall–Kier alpha value is -1.29. The number of hydrogen-bond donors (Lipinski definition) is 2. The van der Waals surface area contributed by atoms with Crippen LogP contribution in [0.15, 0.2) is 23.2 Å². The first-order valence-electron chi connectivity index (χ1n) is 4.27. The number of anilines is 1. The van der Waals surface area contributed by atoms with Crippen LogP contribution in [0, 0.1) is 5.82 Å². The zero-order chi connectivity index (χ0) is 9.97. The molecule has 0 saturated carbocycles. The lowest BCUT2D eigenvalue weighted by Gasteiger charge is -2.08. The summed E-state index contributed by atoms with van der Waals surface area (Å²) in [6.07, 6.45) is 0. The molecule has 0 bridgehead atoms. The fraction of sp³-hybridized carbons (Fsp3) is 0.222. The molecule has 14 heavy (non-hydrogen) atoms. The van der Waals surface area contributed by atoms with Crippen LogP contribution in [0.1, 0.15) is 0 Å². The summed E-state index contributed by atoms with van der Waals surface area (Å²) in [5.41, 5.74) is 0.266. The lowest BCUT2D eigenvalue weighted by molar-refractivity contribution is 0.632. The van der Waals surface area contributed by atoms with Crippen molar-refractivity contribution in [3.8, 4) is 0 Å². The Morgan fingerprint density at radius 3 is 3.00 bits per heavy atom. The normalized spacial score (nSPS) is 14.9. The van der Waals surface area contributed by atoms with Gasteiger partial charge in [0, 0.05) is 6.54 Å². The lowest BCUT2D eigenvalue weighted by atomic mass is 10.3. The highest BCUT2D eigenvalue weighted by Gasteiger charge is 2.10. The minimum absolute atomic E-state index is 0.266. The molecule has 1 aromatic rings. The van der Waals surface area contributed by atoms with Gasteiger partial charge < -0.3 is 10.6 Å². The van der Waals surface area contributed by atoms with Gasteiger partial charge in [0.25, 0.3) is 0 Å². The van der Waals surface area contributed by atoms with Gasteiger partial charge in [-0.15, -0.1) is 0 Å². The molecule has 0 spiro atoms. The van der Waals surface area contributed by atoms with Crippen LogP contribution in [-0.4, -0.2) is 19.0 Å². The van der Waals surface area contributed by atoms with E-state index in [4.69, 9.17) is 11.6 Å². The van der Waals surface area contributed by atoms with E-state index in [-0.39, 0.29) is 11.5 Å². The van der Waals surface area contributed by atoms with Gasteiger partial charge in [-0.25, -0.2) is 4.39 Å². The molecule has 3 nitrogen and oxygen atoms in total. The average molecular weight is 214 g/mol. The number of guanidine groups is 1. The van der Waals surface area contributed by atoms with Crippen LogP contribution in [0.5, 0.6) is 0 Å². The maximum absolute atomic E-state index is 13.3. The van der Waals surface area contributed by atoms with Gasteiger partial charge in [0.1, 0.15) is 5.82 Å². The highest BCUT2D eigenvalue weighted by atomic mass is 35.5. The summed E-state index contributed by atoms with van der Waals surface area (Å²) >= 11 is 5.82. The Morgan fingerprint density at radius 1 is 1.50 bits per heavy atom. The van der Waals surface area contributed by atoms with Gasteiger partial charge in [0.2, 0.25) is 0 Å². The van der Waals surface area contributed by atoms with Crippen LogP contribution in [0.3, 0.4) is 0 Å². The summed E-state index contributed by atoms with van der Waals surface area (Å²) in [5, 5.41) is 6.13. The number of hydrogen-bond acceptors (Lipinski definition) is 3. The molecular weight excluding hydrogens is 205 g/mol. The Bertz CT molecular complexity index is 358. The highest BCUT2D eigenvalue weighted by Crippen LogP contribution is 2.24. The first-order chi connectivity index (χ1) is 6.77. The number of nitrogens with zero attached hydrogens (tertiary/aromatic N) is 1. The van der Waals surface area contributed by atoms with E-state index in [0.29, 0.717) is 17.5 Å². The molecule has 5 heteroatoms. The lowest BCUT2D eigenvalue weighted by Crippen LogP contribution is -2.26. The van der Waals surface area contributed by atoms with E-state index in [1.165, 1.54) is 6.07 Å². The van der Waals surface area contributed by atoms with Gasteiger partial charge >= 0.3 is 0 Å². The molecule has 1 aromatic carbocycles. The van der Waals surface area contributed by atoms with Crippen molar-refractivity contribution in [2.75, 3.05) is 18.4 Å². The third-order valence-corrected chi connectivity index (χ3v) is 2.20. The molecule has 0 fully saturated rings. The molecule has 2 N–H and O–H groups in total. The first-order valence-corrected chi connectivity index (χ1v) is 4.64. The maximum atomic E-state index is 13.3. The summed E-state index contributed by atoms with van der Waals surface area (Å²) in [4.78, 5) is 4.08. The molecule has 0 aliphatic carbocycles. The fourth-order valence-electron chi connectivity index (χ4n) is 1.22. The second-order valence-corrected chi connectivity index (χ2v) is 3.29. The number of benzene rings is 1. The molecule has 1 aliphatic rings. The largest absolute Gasteiger partial charge is 0.354 e. The Morgan fingerprint density at radius 2 is 2.36 bits per heavy atom. The molecular formula is C9H9ClFN3. The Labute approximate surface area is 86.0 Å². The third-order valence-electron chi connectivity index (χ3n) is 1.88. The number of nitrogens with one attached hydrogen (secondary N) is 2. The van der Waals surface area contributed by atoms with E-state index in [1.807, 2.05) is 0 Å². The third kappa shape index (κ3) is 1.80. The van der Waals surface area contributed by atoms with Gasteiger partial charge in [0.05, 0.1) is 17.3 Å². The topological polar surface area (TPSA) is 36.4 Å². The molecule has 1 heterocycles. The summed E-state index contributed by atoms with van der Waals surface area (Å²) in [6.45, 7) is 1.48. The maximum Gasteiger partial charge on any atom is 0.196 e.